The Morgan fingerprint density at radius 3 is 2.45 bits per heavy atom. The highest BCUT2D eigenvalue weighted by molar-refractivity contribution is 6.10. The molecule has 1 aliphatic heterocycles. The molecule has 1 aliphatic rings. The largest absolute Gasteiger partial charge is 0.397 e. The molecule has 0 radical (unpaired) electrons. The Kier molecular flexibility index (Phi) is 2.97. The van der Waals surface area contributed by atoms with Gasteiger partial charge in [0.25, 0.3) is 5.91 Å². The van der Waals surface area contributed by atoms with Crippen LogP contribution in [-0.4, -0.2) is 12.5 Å². The second-order valence-corrected chi connectivity index (χ2v) is 5.33. The summed E-state index contributed by atoms with van der Waals surface area (Å²) < 4.78 is 0. The first-order chi connectivity index (χ1) is 9.59. The second-order valence-electron chi connectivity index (χ2n) is 5.33. The average Bonchev–Trinajstić information content (AvgIpc) is 2.83. The predicted octanol–water partition coefficient (Wildman–Crippen LogP) is 3.09. The van der Waals surface area contributed by atoms with Crippen molar-refractivity contribution in [3.8, 4) is 0 Å². The number of hydrogen-bond acceptors (Lipinski definition) is 2. The van der Waals surface area contributed by atoms with Gasteiger partial charge in [0.05, 0.1) is 11.4 Å². The molecule has 3 heteroatoms. The Hall–Kier alpha value is -2.29. The molecular weight excluding hydrogens is 248 g/mol. The monoisotopic (exact) mass is 266 g/mol. The summed E-state index contributed by atoms with van der Waals surface area (Å²) in [7, 11) is 0. The van der Waals surface area contributed by atoms with E-state index in [1.54, 1.807) is 0 Å². The van der Waals surface area contributed by atoms with Crippen LogP contribution in [0.5, 0.6) is 0 Å². The van der Waals surface area contributed by atoms with Crippen LogP contribution in [-0.2, 0) is 6.42 Å². The number of benzene rings is 2. The lowest BCUT2D eigenvalue weighted by atomic mass is 10.0. The Morgan fingerprint density at radius 1 is 1.10 bits per heavy atom. The molecule has 0 aliphatic carbocycles. The zero-order valence-electron chi connectivity index (χ0n) is 11.8. The molecule has 20 heavy (non-hydrogen) atoms. The number of nitrogens with zero attached hydrogens (tertiary/aromatic N) is 1. The molecule has 3 rings (SSSR count). The van der Waals surface area contributed by atoms with Gasteiger partial charge >= 0.3 is 0 Å². The first-order valence-electron chi connectivity index (χ1n) is 6.85. The highest BCUT2D eigenvalue weighted by atomic mass is 16.2. The molecule has 0 saturated heterocycles. The van der Waals surface area contributed by atoms with E-state index >= 15 is 0 Å². The summed E-state index contributed by atoms with van der Waals surface area (Å²) >= 11 is 0. The van der Waals surface area contributed by atoms with E-state index in [-0.39, 0.29) is 5.91 Å². The Balaban J connectivity index is 2.07. The molecule has 1 heterocycles. The van der Waals surface area contributed by atoms with Crippen molar-refractivity contribution >= 4 is 17.3 Å². The number of rotatable bonds is 1. The highest BCUT2D eigenvalue weighted by Gasteiger charge is 2.28. The number of nitrogen functional groups attached to an aromatic ring is 1. The summed E-state index contributed by atoms with van der Waals surface area (Å²) in [5.74, 6) is 0.0530. The topological polar surface area (TPSA) is 46.3 Å². The Morgan fingerprint density at radius 2 is 1.75 bits per heavy atom. The van der Waals surface area contributed by atoms with E-state index in [0.29, 0.717) is 12.2 Å². The molecule has 1 amide bonds. The molecule has 0 fully saturated rings. The van der Waals surface area contributed by atoms with Crippen LogP contribution in [0.3, 0.4) is 0 Å². The molecule has 0 saturated carbocycles. The van der Waals surface area contributed by atoms with Gasteiger partial charge in [0.15, 0.2) is 0 Å². The number of amides is 1. The number of para-hydroxylation sites is 1. The number of hydrogen-bond donors (Lipinski definition) is 1. The molecule has 2 aromatic carbocycles. The van der Waals surface area contributed by atoms with Crippen LogP contribution in [0, 0.1) is 13.8 Å². The lowest BCUT2D eigenvalue weighted by molar-refractivity contribution is 0.0988. The van der Waals surface area contributed by atoms with Gasteiger partial charge in [-0.1, -0.05) is 30.3 Å². The third kappa shape index (κ3) is 1.86. The summed E-state index contributed by atoms with van der Waals surface area (Å²) in [6.45, 7) is 4.66. The highest BCUT2D eigenvalue weighted by Crippen LogP contribution is 2.35. The average molecular weight is 266 g/mol. The van der Waals surface area contributed by atoms with Crippen molar-refractivity contribution < 1.29 is 4.79 Å². The molecule has 2 aromatic rings. The van der Waals surface area contributed by atoms with Crippen LogP contribution >= 0.6 is 0 Å². The lowest BCUT2D eigenvalue weighted by Gasteiger charge is -2.21. The molecule has 0 aromatic heterocycles. The molecule has 0 atom stereocenters. The summed E-state index contributed by atoms with van der Waals surface area (Å²) in [4.78, 5) is 14.7. The van der Waals surface area contributed by atoms with E-state index in [2.05, 4.69) is 0 Å². The number of carbonyl (C=O) groups excluding carboxylic acids is 1. The normalized spacial score (nSPS) is 13.4. The number of fused-ring (bicyclic) bond motifs is 1. The number of aryl methyl sites for hydroxylation is 2. The smallest absolute Gasteiger partial charge is 0.258 e. The van der Waals surface area contributed by atoms with Crippen molar-refractivity contribution in [2.45, 2.75) is 20.3 Å². The third-order valence-corrected chi connectivity index (χ3v) is 3.97. The van der Waals surface area contributed by atoms with Gasteiger partial charge in [-0.15, -0.1) is 0 Å². The minimum Gasteiger partial charge on any atom is -0.397 e. The zero-order chi connectivity index (χ0) is 14.3. The van der Waals surface area contributed by atoms with E-state index in [1.807, 2.05) is 55.1 Å². The van der Waals surface area contributed by atoms with Crippen LogP contribution in [0.4, 0.5) is 11.4 Å². The van der Waals surface area contributed by atoms with E-state index in [9.17, 15) is 4.79 Å². The van der Waals surface area contributed by atoms with Crippen LogP contribution in [0.15, 0.2) is 36.4 Å². The van der Waals surface area contributed by atoms with Gasteiger partial charge in [-0.2, -0.15) is 0 Å². The Bertz CT molecular complexity index is 671. The molecule has 102 valence electrons. The molecule has 2 N–H and O–H groups in total. The summed E-state index contributed by atoms with van der Waals surface area (Å²) in [5.41, 5.74) is 11.6. The van der Waals surface area contributed by atoms with Gasteiger partial charge < -0.3 is 10.6 Å². The molecule has 0 bridgehead atoms. The van der Waals surface area contributed by atoms with Gasteiger partial charge in [0.1, 0.15) is 0 Å². The van der Waals surface area contributed by atoms with E-state index in [0.717, 1.165) is 34.4 Å². The number of nitrogens with two attached hydrogens (primary N) is 1. The van der Waals surface area contributed by atoms with Crippen molar-refractivity contribution in [1.29, 1.82) is 0 Å². The maximum absolute atomic E-state index is 12.9. The molecule has 0 spiro atoms. The fourth-order valence-electron chi connectivity index (χ4n) is 2.98. The standard InChI is InChI=1S/C17H18N2O/c1-11-5-3-6-12(2)15(11)17(20)19-10-9-13-7-4-8-14(18)16(13)19/h3-8H,9-10,18H2,1-2H3. The van der Waals surface area contributed by atoms with Crippen LogP contribution in [0.2, 0.25) is 0 Å². The third-order valence-electron chi connectivity index (χ3n) is 3.97. The van der Waals surface area contributed by atoms with Crippen molar-refractivity contribution in [3.05, 3.63) is 58.7 Å². The second kappa shape index (κ2) is 4.67. The van der Waals surface area contributed by atoms with E-state index in [4.69, 9.17) is 5.73 Å². The van der Waals surface area contributed by atoms with Crippen LogP contribution < -0.4 is 10.6 Å². The predicted molar refractivity (Wildman–Crippen MR) is 82.2 cm³/mol. The first kappa shape index (κ1) is 12.7. The van der Waals surface area contributed by atoms with Crippen LogP contribution in [0.25, 0.3) is 0 Å². The van der Waals surface area contributed by atoms with Gasteiger partial charge in [-0.05, 0) is 43.0 Å². The van der Waals surface area contributed by atoms with Crippen molar-refractivity contribution in [2.75, 3.05) is 17.2 Å². The maximum Gasteiger partial charge on any atom is 0.258 e. The Labute approximate surface area is 119 Å². The number of carbonyl (C=O) groups is 1. The van der Waals surface area contributed by atoms with Gasteiger partial charge in [-0.25, -0.2) is 0 Å². The fraction of sp³-hybridized carbons (Fsp3) is 0.235. The van der Waals surface area contributed by atoms with Gasteiger partial charge in [0, 0.05) is 12.1 Å². The maximum atomic E-state index is 12.9. The summed E-state index contributed by atoms with van der Waals surface area (Å²) in [5, 5.41) is 0. The van der Waals surface area contributed by atoms with E-state index in [1.165, 1.54) is 0 Å². The first-order valence-corrected chi connectivity index (χ1v) is 6.85. The SMILES string of the molecule is Cc1cccc(C)c1C(=O)N1CCc2cccc(N)c21. The minimum atomic E-state index is 0.0530. The molecule has 0 unspecified atom stereocenters. The molecular formula is C17H18N2O. The van der Waals surface area contributed by atoms with Crippen molar-refractivity contribution in [3.63, 3.8) is 0 Å². The summed E-state index contributed by atoms with van der Waals surface area (Å²) in [6.07, 6.45) is 0.872. The van der Waals surface area contributed by atoms with Crippen LogP contribution in [0.1, 0.15) is 27.0 Å². The lowest BCUT2D eigenvalue weighted by Crippen LogP contribution is -2.30. The zero-order valence-corrected chi connectivity index (χ0v) is 11.8. The van der Waals surface area contributed by atoms with Gasteiger partial charge in [0.2, 0.25) is 0 Å². The van der Waals surface area contributed by atoms with Crippen molar-refractivity contribution in [1.82, 2.24) is 0 Å². The quantitative estimate of drug-likeness (QED) is 0.806. The minimum absolute atomic E-state index is 0.0530. The molecule has 3 nitrogen and oxygen atoms in total. The van der Waals surface area contributed by atoms with Crippen molar-refractivity contribution in [2.24, 2.45) is 0 Å². The summed E-state index contributed by atoms with van der Waals surface area (Å²) in [6, 6.07) is 11.8. The number of anilines is 2. The van der Waals surface area contributed by atoms with Gasteiger partial charge in [-0.3, -0.25) is 4.79 Å². The fourth-order valence-corrected chi connectivity index (χ4v) is 2.98. The van der Waals surface area contributed by atoms with E-state index < -0.39 is 0 Å².